The second-order valence-corrected chi connectivity index (χ2v) is 7.33. The maximum atomic E-state index is 12.3. The molecule has 0 unspecified atom stereocenters. The van der Waals surface area contributed by atoms with Crippen molar-refractivity contribution in [2.75, 3.05) is 6.61 Å². The molecule has 2 aromatic carbocycles. The molecule has 0 fully saturated rings. The molecule has 1 amide bonds. The largest absolute Gasteiger partial charge is 0.484 e. The van der Waals surface area contributed by atoms with Gasteiger partial charge in [0.1, 0.15) is 5.75 Å². The highest BCUT2D eigenvalue weighted by atomic mass is 32.1. The number of rotatable bonds is 8. The number of amides is 1. The number of nitrogens with one attached hydrogen (secondary N) is 2. The summed E-state index contributed by atoms with van der Waals surface area (Å²) in [5.74, 6) is 0.517. The summed E-state index contributed by atoms with van der Waals surface area (Å²) in [5.41, 5.74) is 2.64. The molecule has 3 rings (SSSR count). The number of ether oxygens (including phenoxy) is 1. The molecule has 0 saturated heterocycles. The van der Waals surface area contributed by atoms with Gasteiger partial charge in [0.25, 0.3) is 0 Å². The van der Waals surface area contributed by atoms with Crippen LogP contribution in [0.2, 0.25) is 0 Å². The molecule has 3 aromatic rings. The van der Waals surface area contributed by atoms with Crippen LogP contribution in [0.25, 0.3) is 11.4 Å². The standard InChI is InChI=1S/C21H21F3N4O2S/c1-14-5-7-16(8-6-14)19-26-27-20(31)28(19)10-9-18(29)25-12-15-3-2-4-17(11-15)30-13-21(22,23)24/h2-8,11H,9-10,12-13H2,1H3,(H,25,29)(H,27,31). The van der Waals surface area contributed by atoms with Gasteiger partial charge in [-0.3, -0.25) is 14.5 Å². The van der Waals surface area contributed by atoms with E-state index in [4.69, 9.17) is 17.0 Å². The third-order valence-corrected chi connectivity index (χ3v) is 4.73. The molecule has 1 heterocycles. The summed E-state index contributed by atoms with van der Waals surface area (Å²) in [5, 5.41) is 9.75. The summed E-state index contributed by atoms with van der Waals surface area (Å²) in [6, 6.07) is 14.0. The van der Waals surface area contributed by atoms with E-state index >= 15 is 0 Å². The molecule has 0 aliphatic carbocycles. The second kappa shape index (κ2) is 9.78. The van der Waals surface area contributed by atoms with Crippen molar-refractivity contribution in [2.45, 2.75) is 32.6 Å². The number of H-pyrrole nitrogens is 1. The van der Waals surface area contributed by atoms with Crippen molar-refractivity contribution < 1.29 is 22.7 Å². The normalized spacial score (nSPS) is 11.4. The Balaban J connectivity index is 1.55. The van der Waals surface area contributed by atoms with Crippen LogP contribution in [-0.4, -0.2) is 33.5 Å². The molecule has 2 N–H and O–H groups in total. The number of aromatic amines is 1. The highest BCUT2D eigenvalue weighted by Gasteiger charge is 2.28. The monoisotopic (exact) mass is 450 g/mol. The molecule has 0 saturated carbocycles. The van der Waals surface area contributed by atoms with Crippen molar-refractivity contribution in [3.8, 4) is 17.1 Å². The summed E-state index contributed by atoms with van der Waals surface area (Å²) >= 11 is 5.28. The van der Waals surface area contributed by atoms with Gasteiger partial charge in [0.2, 0.25) is 5.91 Å². The first kappa shape index (κ1) is 22.5. The third-order valence-electron chi connectivity index (χ3n) is 4.42. The molecule has 1 aromatic heterocycles. The van der Waals surface area contributed by atoms with E-state index in [2.05, 4.69) is 15.5 Å². The fourth-order valence-corrected chi connectivity index (χ4v) is 3.08. The van der Waals surface area contributed by atoms with Gasteiger partial charge < -0.3 is 10.1 Å². The first-order chi connectivity index (χ1) is 14.7. The van der Waals surface area contributed by atoms with Crippen LogP contribution in [-0.2, 0) is 17.9 Å². The number of hydrogen-bond acceptors (Lipinski definition) is 4. The summed E-state index contributed by atoms with van der Waals surface area (Å²) in [6.45, 7) is 1.13. The zero-order chi connectivity index (χ0) is 22.4. The van der Waals surface area contributed by atoms with Gasteiger partial charge in [0, 0.05) is 25.1 Å². The minimum Gasteiger partial charge on any atom is -0.484 e. The predicted molar refractivity (Wildman–Crippen MR) is 112 cm³/mol. The molecular weight excluding hydrogens is 429 g/mol. The lowest BCUT2D eigenvalue weighted by atomic mass is 10.1. The van der Waals surface area contributed by atoms with E-state index < -0.39 is 12.8 Å². The zero-order valence-electron chi connectivity index (χ0n) is 16.7. The number of aryl methyl sites for hydroxylation is 1. The van der Waals surface area contributed by atoms with Crippen molar-refractivity contribution in [1.82, 2.24) is 20.1 Å². The number of nitrogens with zero attached hydrogens (tertiary/aromatic N) is 2. The first-order valence-corrected chi connectivity index (χ1v) is 9.89. The van der Waals surface area contributed by atoms with E-state index in [1.54, 1.807) is 16.7 Å². The average molecular weight is 450 g/mol. The summed E-state index contributed by atoms with van der Waals surface area (Å²) in [4.78, 5) is 12.3. The van der Waals surface area contributed by atoms with Gasteiger partial charge in [-0.2, -0.15) is 18.3 Å². The predicted octanol–water partition coefficient (Wildman–Crippen LogP) is 4.56. The van der Waals surface area contributed by atoms with E-state index in [-0.39, 0.29) is 24.6 Å². The van der Waals surface area contributed by atoms with Crippen molar-refractivity contribution in [3.05, 3.63) is 64.4 Å². The van der Waals surface area contributed by atoms with Crippen molar-refractivity contribution in [3.63, 3.8) is 0 Å². The number of aromatic nitrogens is 3. The third kappa shape index (κ3) is 6.68. The Morgan fingerprint density at radius 2 is 1.97 bits per heavy atom. The average Bonchev–Trinajstić information content (AvgIpc) is 3.10. The minimum absolute atomic E-state index is 0.0940. The Labute approximate surface area is 182 Å². The molecule has 0 aliphatic heterocycles. The molecule has 0 bridgehead atoms. The molecule has 0 radical (unpaired) electrons. The Hall–Kier alpha value is -3.14. The summed E-state index contributed by atoms with van der Waals surface area (Å²) < 4.78 is 43.7. The van der Waals surface area contributed by atoms with Crippen LogP contribution in [0, 0.1) is 11.7 Å². The molecule has 10 heteroatoms. The first-order valence-electron chi connectivity index (χ1n) is 9.49. The van der Waals surface area contributed by atoms with Crippen LogP contribution < -0.4 is 10.1 Å². The van der Waals surface area contributed by atoms with E-state index in [0.717, 1.165) is 11.1 Å². The topological polar surface area (TPSA) is 71.9 Å². The van der Waals surface area contributed by atoms with Gasteiger partial charge in [-0.25, -0.2) is 0 Å². The molecule has 0 spiro atoms. The molecule has 0 atom stereocenters. The molecular formula is C21H21F3N4O2S. The highest BCUT2D eigenvalue weighted by molar-refractivity contribution is 7.71. The lowest BCUT2D eigenvalue weighted by Gasteiger charge is -2.11. The minimum atomic E-state index is -4.41. The Morgan fingerprint density at radius 3 is 2.68 bits per heavy atom. The van der Waals surface area contributed by atoms with E-state index in [1.807, 2.05) is 31.2 Å². The van der Waals surface area contributed by atoms with Crippen molar-refractivity contribution >= 4 is 18.1 Å². The van der Waals surface area contributed by atoms with Crippen LogP contribution in [0.4, 0.5) is 13.2 Å². The van der Waals surface area contributed by atoms with Crippen molar-refractivity contribution in [1.29, 1.82) is 0 Å². The number of carbonyl (C=O) groups excluding carboxylic acids is 1. The fraction of sp³-hybridized carbons (Fsp3) is 0.286. The van der Waals surface area contributed by atoms with Crippen molar-refractivity contribution in [2.24, 2.45) is 0 Å². The number of alkyl halides is 3. The van der Waals surface area contributed by atoms with E-state index in [1.165, 1.54) is 12.1 Å². The molecule has 164 valence electrons. The van der Waals surface area contributed by atoms with Gasteiger partial charge in [-0.05, 0) is 36.8 Å². The second-order valence-electron chi connectivity index (χ2n) is 6.95. The van der Waals surface area contributed by atoms with Crippen LogP contribution in [0.5, 0.6) is 5.75 Å². The van der Waals surface area contributed by atoms with Gasteiger partial charge in [0.15, 0.2) is 17.2 Å². The van der Waals surface area contributed by atoms with Gasteiger partial charge in [0.05, 0.1) is 0 Å². The molecule has 31 heavy (non-hydrogen) atoms. The zero-order valence-corrected chi connectivity index (χ0v) is 17.5. The van der Waals surface area contributed by atoms with Crippen LogP contribution in [0.15, 0.2) is 48.5 Å². The Morgan fingerprint density at radius 1 is 1.23 bits per heavy atom. The van der Waals surface area contributed by atoms with E-state index in [0.29, 0.717) is 22.7 Å². The van der Waals surface area contributed by atoms with Gasteiger partial charge in [-0.1, -0.05) is 42.0 Å². The SMILES string of the molecule is Cc1ccc(-c2n[nH]c(=S)n2CCC(=O)NCc2cccc(OCC(F)(F)F)c2)cc1. The Bertz CT molecular complexity index is 1090. The molecule has 6 nitrogen and oxygen atoms in total. The smallest absolute Gasteiger partial charge is 0.422 e. The quantitative estimate of drug-likeness (QED) is 0.494. The Kier molecular flexibility index (Phi) is 7.11. The number of benzene rings is 2. The number of hydrogen-bond donors (Lipinski definition) is 2. The summed E-state index contributed by atoms with van der Waals surface area (Å²) in [6.07, 6.45) is -4.24. The van der Waals surface area contributed by atoms with Crippen LogP contribution in [0.1, 0.15) is 17.5 Å². The van der Waals surface area contributed by atoms with Crippen LogP contribution in [0.3, 0.4) is 0 Å². The fourth-order valence-electron chi connectivity index (χ4n) is 2.86. The highest BCUT2D eigenvalue weighted by Crippen LogP contribution is 2.20. The maximum absolute atomic E-state index is 12.3. The lowest BCUT2D eigenvalue weighted by molar-refractivity contribution is -0.153. The van der Waals surface area contributed by atoms with Crippen LogP contribution >= 0.6 is 12.2 Å². The number of halogens is 3. The summed E-state index contributed by atoms with van der Waals surface area (Å²) in [7, 11) is 0. The van der Waals surface area contributed by atoms with Gasteiger partial charge in [-0.15, -0.1) is 0 Å². The molecule has 0 aliphatic rings. The van der Waals surface area contributed by atoms with E-state index in [9.17, 15) is 18.0 Å². The van der Waals surface area contributed by atoms with Gasteiger partial charge >= 0.3 is 6.18 Å². The lowest BCUT2D eigenvalue weighted by Crippen LogP contribution is -2.24. The number of carbonyl (C=O) groups is 1. The maximum Gasteiger partial charge on any atom is 0.422 e.